The standard InChI is InChI=1S/C40H72O4/c1-3-5-7-9-11-13-15-17-18-20-22-24-26-28-30-34-40(43)44-39(33-31-37-41)36-35-38(42)32-29-27-25-23-21-19-16-14-12-10-8-6-4-2/h13,15,17-18,37,39H,3-12,14,16,19-36H2,1-2H3/b15-13+,18-17-. The molecule has 256 valence electrons. The number of ether oxygens (including phenoxy) is 1. The zero-order valence-corrected chi connectivity index (χ0v) is 29.3. The van der Waals surface area contributed by atoms with Gasteiger partial charge in [0.15, 0.2) is 0 Å². The highest BCUT2D eigenvalue weighted by Crippen LogP contribution is 2.16. The van der Waals surface area contributed by atoms with Crippen molar-refractivity contribution in [2.75, 3.05) is 0 Å². The third-order valence-corrected chi connectivity index (χ3v) is 8.57. The molecular formula is C40H72O4. The first-order valence-electron chi connectivity index (χ1n) is 19.1. The van der Waals surface area contributed by atoms with Crippen LogP contribution in [-0.2, 0) is 19.1 Å². The van der Waals surface area contributed by atoms with E-state index in [1.54, 1.807) is 0 Å². The smallest absolute Gasteiger partial charge is 0.306 e. The lowest BCUT2D eigenvalue weighted by Crippen LogP contribution is -2.19. The lowest BCUT2D eigenvalue weighted by molar-refractivity contribution is -0.150. The van der Waals surface area contributed by atoms with Crippen LogP contribution in [0.25, 0.3) is 0 Å². The fraction of sp³-hybridized carbons (Fsp3) is 0.825. The molecule has 0 aromatic rings. The summed E-state index contributed by atoms with van der Waals surface area (Å²) < 4.78 is 5.68. The average Bonchev–Trinajstić information content (AvgIpc) is 3.02. The summed E-state index contributed by atoms with van der Waals surface area (Å²) >= 11 is 0. The van der Waals surface area contributed by atoms with Crippen molar-refractivity contribution in [2.24, 2.45) is 0 Å². The van der Waals surface area contributed by atoms with Gasteiger partial charge >= 0.3 is 5.97 Å². The Balaban J connectivity index is 3.80. The Hall–Kier alpha value is -1.71. The van der Waals surface area contributed by atoms with Crippen LogP contribution in [0, 0.1) is 0 Å². The zero-order chi connectivity index (χ0) is 32.2. The van der Waals surface area contributed by atoms with Gasteiger partial charge in [0.2, 0.25) is 0 Å². The van der Waals surface area contributed by atoms with Gasteiger partial charge < -0.3 is 9.53 Å². The van der Waals surface area contributed by atoms with E-state index in [1.165, 1.54) is 116 Å². The van der Waals surface area contributed by atoms with Gasteiger partial charge in [0.1, 0.15) is 18.2 Å². The van der Waals surface area contributed by atoms with Crippen LogP contribution in [0.5, 0.6) is 0 Å². The molecule has 1 unspecified atom stereocenters. The molecule has 4 heteroatoms. The predicted octanol–water partition coefficient (Wildman–Crippen LogP) is 12.5. The van der Waals surface area contributed by atoms with Gasteiger partial charge in [-0.3, -0.25) is 9.59 Å². The number of hydrogen-bond acceptors (Lipinski definition) is 4. The molecule has 0 spiro atoms. The van der Waals surface area contributed by atoms with Crippen LogP contribution in [0.1, 0.15) is 206 Å². The quantitative estimate of drug-likeness (QED) is 0.0307. The van der Waals surface area contributed by atoms with Gasteiger partial charge in [-0.1, -0.05) is 154 Å². The lowest BCUT2D eigenvalue weighted by atomic mass is 10.0. The van der Waals surface area contributed by atoms with Gasteiger partial charge in [0.05, 0.1) is 0 Å². The van der Waals surface area contributed by atoms with Crippen LogP contribution >= 0.6 is 0 Å². The van der Waals surface area contributed by atoms with Gasteiger partial charge in [-0.25, -0.2) is 0 Å². The number of Topliss-reactive ketones (excluding diaryl/α,β-unsaturated/α-hetero) is 1. The van der Waals surface area contributed by atoms with Crippen molar-refractivity contribution >= 4 is 18.0 Å². The van der Waals surface area contributed by atoms with Crippen LogP contribution in [0.15, 0.2) is 24.3 Å². The maximum atomic E-state index is 12.4. The van der Waals surface area contributed by atoms with E-state index in [1.807, 2.05) is 0 Å². The number of unbranched alkanes of at least 4 members (excludes halogenated alkanes) is 21. The summed E-state index contributed by atoms with van der Waals surface area (Å²) in [5.74, 6) is 0.0720. The first-order chi connectivity index (χ1) is 21.6. The zero-order valence-electron chi connectivity index (χ0n) is 29.3. The van der Waals surface area contributed by atoms with E-state index in [9.17, 15) is 14.4 Å². The van der Waals surface area contributed by atoms with Crippen molar-refractivity contribution in [2.45, 2.75) is 213 Å². The third-order valence-electron chi connectivity index (χ3n) is 8.57. The second-order valence-electron chi connectivity index (χ2n) is 12.9. The molecule has 0 aromatic carbocycles. The second-order valence-corrected chi connectivity index (χ2v) is 12.9. The van der Waals surface area contributed by atoms with Crippen molar-refractivity contribution in [3.05, 3.63) is 24.3 Å². The van der Waals surface area contributed by atoms with Crippen molar-refractivity contribution in [1.29, 1.82) is 0 Å². The summed E-state index contributed by atoms with van der Waals surface area (Å²) in [7, 11) is 0. The monoisotopic (exact) mass is 617 g/mol. The first-order valence-corrected chi connectivity index (χ1v) is 19.1. The molecular weight excluding hydrogens is 544 g/mol. The molecule has 4 nitrogen and oxygen atoms in total. The van der Waals surface area contributed by atoms with Crippen molar-refractivity contribution in [3.63, 3.8) is 0 Å². The minimum Gasteiger partial charge on any atom is -0.462 e. The van der Waals surface area contributed by atoms with Crippen LogP contribution in [-0.4, -0.2) is 24.1 Å². The van der Waals surface area contributed by atoms with Crippen molar-refractivity contribution in [1.82, 2.24) is 0 Å². The minimum absolute atomic E-state index is 0.186. The lowest BCUT2D eigenvalue weighted by Gasteiger charge is -2.17. The van der Waals surface area contributed by atoms with Crippen molar-refractivity contribution in [3.8, 4) is 0 Å². The number of ketones is 1. The van der Waals surface area contributed by atoms with Gasteiger partial charge in [0.25, 0.3) is 0 Å². The first kappa shape index (κ1) is 42.3. The topological polar surface area (TPSA) is 60.4 Å². The van der Waals surface area contributed by atoms with Crippen LogP contribution < -0.4 is 0 Å². The van der Waals surface area contributed by atoms with E-state index < -0.39 is 0 Å². The highest BCUT2D eigenvalue weighted by Gasteiger charge is 2.16. The summed E-state index contributed by atoms with van der Waals surface area (Å²) in [4.78, 5) is 35.7. The molecule has 0 heterocycles. The van der Waals surface area contributed by atoms with Crippen LogP contribution in [0.4, 0.5) is 0 Å². The largest absolute Gasteiger partial charge is 0.462 e. The Bertz CT molecular complexity index is 695. The minimum atomic E-state index is -0.319. The SMILES string of the molecule is CCCCCC/C=C/C=C\CCCCCCCC(=O)OC(CCC=O)CCC(=O)CCCCCCCCCCCCCCC. The number of rotatable bonds is 35. The number of aldehydes is 1. The number of esters is 1. The number of carbonyl (C=O) groups is 3. The van der Waals surface area contributed by atoms with E-state index in [-0.39, 0.29) is 17.9 Å². The molecule has 0 radical (unpaired) electrons. The summed E-state index contributed by atoms with van der Waals surface area (Å²) in [6.45, 7) is 4.51. The maximum absolute atomic E-state index is 12.4. The average molecular weight is 617 g/mol. The molecule has 1 atom stereocenters. The highest BCUT2D eigenvalue weighted by molar-refractivity contribution is 5.78. The summed E-state index contributed by atoms with van der Waals surface area (Å²) in [6.07, 6.45) is 42.2. The van der Waals surface area contributed by atoms with E-state index >= 15 is 0 Å². The van der Waals surface area contributed by atoms with Crippen LogP contribution in [0.3, 0.4) is 0 Å². The molecule has 0 saturated heterocycles. The Labute approximate surface area is 273 Å². The Morgan fingerprint density at radius 2 is 0.932 bits per heavy atom. The normalized spacial score (nSPS) is 12.3. The van der Waals surface area contributed by atoms with E-state index in [0.29, 0.717) is 38.5 Å². The molecule has 0 aliphatic carbocycles. The van der Waals surface area contributed by atoms with Gasteiger partial charge in [-0.05, 0) is 51.4 Å². The van der Waals surface area contributed by atoms with E-state index in [0.717, 1.165) is 44.8 Å². The number of carbonyl (C=O) groups excluding carboxylic acids is 3. The second kappa shape index (κ2) is 35.8. The fourth-order valence-electron chi connectivity index (χ4n) is 5.65. The van der Waals surface area contributed by atoms with Gasteiger partial charge in [-0.15, -0.1) is 0 Å². The highest BCUT2D eigenvalue weighted by atomic mass is 16.5. The Morgan fingerprint density at radius 3 is 1.43 bits per heavy atom. The molecule has 0 bridgehead atoms. The number of hydrogen-bond donors (Lipinski definition) is 0. The molecule has 0 N–H and O–H groups in total. The molecule has 0 rings (SSSR count). The maximum Gasteiger partial charge on any atom is 0.306 e. The third kappa shape index (κ3) is 33.2. The summed E-state index contributed by atoms with van der Waals surface area (Å²) in [5.41, 5.74) is 0. The predicted molar refractivity (Wildman–Crippen MR) is 189 cm³/mol. The molecule has 0 saturated carbocycles. The number of allylic oxidation sites excluding steroid dienone is 4. The Morgan fingerprint density at radius 1 is 0.500 bits per heavy atom. The molecule has 44 heavy (non-hydrogen) atoms. The van der Waals surface area contributed by atoms with Gasteiger partial charge in [0, 0.05) is 25.7 Å². The fourth-order valence-corrected chi connectivity index (χ4v) is 5.65. The molecule has 0 fully saturated rings. The molecule has 0 aliphatic rings. The summed E-state index contributed by atoms with van der Waals surface area (Å²) in [6, 6.07) is 0. The molecule has 0 amide bonds. The molecule has 0 aliphatic heterocycles. The van der Waals surface area contributed by atoms with Crippen LogP contribution in [0.2, 0.25) is 0 Å². The Kier molecular flexibility index (Phi) is 34.4. The van der Waals surface area contributed by atoms with Crippen molar-refractivity contribution < 1.29 is 19.1 Å². The van der Waals surface area contributed by atoms with E-state index in [4.69, 9.17) is 4.74 Å². The van der Waals surface area contributed by atoms with Gasteiger partial charge in [-0.2, -0.15) is 0 Å². The molecule has 0 aromatic heterocycles. The summed E-state index contributed by atoms with van der Waals surface area (Å²) in [5, 5.41) is 0. The van der Waals surface area contributed by atoms with E-state index in [2.05, 4.69) is 38.2 Å².